The maximum absolute atomic E-state index is 11.9. The van der Waals surface area contributed by atoms with E-state index in [1.54, 1.807) is 13.0 Å². The zero-order valence-corrected chi connectivity index (χ0v) is 11.1. The Morgan fingerprint density at radius 1 is 1.35 bits per heavy atom. The van der Waals surface area contributed by atoms with Gasteiger partial charge in [-0.3, -0.25) is 4.79 Å². The summed E-state index contributed by atoms with van der Waals surface area (Å²) in [4.78, 5) is 19.6. The van der Waals surface area contributed by atoms with Gasteiger partial charge in [0, 0.05) is 13.0 Å². The summed E-state index contributed by atoms with van der Waals surface area (Å²) >= 11 is 0. The van der Waals surface area contributed by atoms with Gasteiger partial charge in [-0.25, -0.2) is 4.98 Å². The monoisotopic (exact) mass is 269 g/mol. The molecule has 0 aliphatic rings. The average Bonchev–Trinajstić information content (AvgIpc) is 3.04. The maximum atomic E-state index is 11.9. The molecule has 0 radical (unpaired) electrons. The van der Waals surface area contributed by atoms with Gasteiger partial charge in [0.2, 0.25) is 0 Å². The predicted molar refractivity (Wildman–Crippen MR) is 75.6 cm³/mol. The number of hydrogen-bond donors (Lipinski definition) is 2. The van der Waals surface area contributed by atoms with Gasteiger partial charge < -0.3 is 14.7 Å². The number of aryl methyl sites for hydroxylation is 1. The molecule has 2 heterocycles. The number of nitrogens with one attached hydrogen (secondary N) is 2. The molecule has 5 nitrogen and oxygen atoms in total. The van der Waals surface area contributed by atoms with Crippen LogP contribution in [0.25, 0.3) is 11.0 Å². The highest BCUT2D eigenvalue weighted by atomic mass is 16.3. The summed E-state index contributed by atoms with van der Waals surface area (Å²) in [6.45, 7) is 2.30. The number of para-hydroxylation sites is 2. The Bertz CT molecular complexity index is 709. The number of hydrogen-bond acceptors (Lipinski definition) is 3. The highest BCUT2D eigenvalue weighted by molar-refractivity contribution is 5.95. The first kappa shape index (κ1) is 12.5. The van der Waals surface area contributed by atoms with E-state index >= 15 is 0 Å². The Kier molecular flexibility index (Phi) is 3.25. The van der Waals surface area contributed by atoms with E-state index in [0.717, 1.165) is 16.9 Å². The summed E-state index contributed by atoms with van der Waals surface area (Å²) < 4.78 is 5.11. The number of fused-ring (bicyclic) bond motifs is 1. The van der Waals surface area contributed by atoms with Crippen LogP contribution in [-0.4, -0.2) is 22.4 Å². The molecule has 0 spiro atoms. The molecule has 0 atom stereocenters. The van der Waals surface area contributed by atoms with E-state index in [1.165, 1.54) is 6.26 Å². The van der Waals surface area contributed by atoms with Crippen molar-refractivity contribution in [3.05, 3.63) is 53.7 Å². The minimum absolute atomic E-state index is 0.118. The van der Waals surface area contributed by atoms with E-state index in [9.17, 15) is 4.79 Å². The number of rotatable bonds is 4. The molecule has 0 saturated carbocycles. The molecule has 0 aliphatic heterocycles. The molecule has 2 aromatic heterocycles. The summed E-state index contributed by atoms with van der Waals surface area (Å²) in [6, 6.07) is 9.54. The van der Waals surface area contributed by atoms with Crippen molar-refractivity contribution in [2.75, 3.05) is 6.54 Å². The van der Waals surface area contributed by atoms with Gasteiger partial charge in [0.1, 0.15) is 11.6 Å². The number of benzene rings is 1. The molecule has 20 heavy (non-hydrogen) atoms. The summed E-state index contributed by atoms with van der Waals surface area (Å²) in [5.41, 5.74) is 2.54. The van der Waals surface area contributed by atoms with E-state index < -0.39 is 0 Å². The number of furan rings is 1. The molecule has 2 N–H and O–H groups in total. The van der Waals surface area contributed by atoms with Gasteiger partial charge in [0.05, 0.1) is 22.9 Å². The lowest BCUT2D eigenvalue weighted by Crippen LogP contribution is -2.26. The van der Waals surface area contributed by atoms with Crippen molar-refractivity contribution in [2.45, 2.75) is 13.3 Å². The van der Waals surface area contributed by atoms with Crippen LogP contribution in [0.1, 0.15) is 21.9 Å². The van der Waals surface area contributed by atoms with Crippen LogP contribution in [0.2, 0.25) is 0 Å². The van der Waals surface area contributed by atoms with Crippen LogP contribution >= 0.6 is 0 Å². The second kappa shape index (κ2) is 5.21. The van der Waals surface area contributed by atoms with E-state index in [-0.39, 0.29) is 5.91 Å². The van der Waals surface area contributed by atoms with Crippen molar-refractivity contribution < 1.29 is 9.21 Å². The van der Waals surface area contributed by atoms with Gasteiger partial charge in [-0.05, 0) is 25.1 Å². The van der Waals surface area contributed by atoms with Crippen molar-refractivity contribution in [3.63, 3.8) is 0 Å². The number of carbonyl (C=O) groups excluding carboxylic acids is 1. The van der Waals surface area contributed by atoms with Crippen LogP contribution in [0.5, 0.6) is 0 Å². The first-order valence-corrected chi connectivity index (χ1v) is 6.50. The SMILES string of the molecule is Cc1occc1C(=O)NCCc1nc2ccccc2[nH]1. The van der Waals surface area contributed by atoms with E-state index in [1.807, 2.05) is 24.3 Å². The molecule has 0 saturated heterocycles. The second-order valence-corrected chi connectivity index (χ2v) is 4.60. The van der Waals surface area contributed by atoms with Gasteiger partial charge in [0.25, 0.3) is 5.91 Å². The van der Waals surface area contributed by atoms with Crippen molar-refractivity contribution in [1.82, 2.24) is 15.3 Å². The molecule has 0 bridgehead atoms. The van der Waals surface area contributed by atoms with Crippen molar-refractivity contribution in [1.29, 1.82) is 0 Å². The van der Waals surface area contributed by atoms with Crippen molar-refractivity contribution in [3.8, 4) is 0 Å². The zero-order valence-electron chi connectivity index (χ0n) is 11.1. The van der Waals surface area contributed by atoms with E-state index in [2.05, 4.69) is 15.3 Å². The highest BCUT2D eigenvalue weighted by Crippen LogP contribution is 2.11. The Labute approximate surface area is 116 Å². The van der Waals surface area contributed by atoms with Crippen LogP contribution in [-0.2, 0) is 6.42 Å². The minimum atomic E-state index is -0.118. The van der Waals surface area contributed by atoms with E-state index in [4.69, 9.17) is 4.42 Å². The number of aromatic amines is 1. The third kappa shape index (κ3) is 2.42. The van der Waals surface area contributed by atoms with Gasteiger partial charge >= 0.3 is 0 Å². The lowest BCUT2D eigenvalue weighted by Gasteiger charge is -2.02. The molecule has 0 aliphatic carbocycles. The number of aromatic nitrogens is 2. The summed E-state index contributed by atoms with van der Waals surface area (Å²) in [7, 11) is 0. The Balaban J connectivity index is 1.60. The zero-order chi connectivity index (χ0) is 13.9. The van der Waals surface area contributed by atoms with Crippen molar-refractivity contribution >= 4 is 16.9 Å². The molecule has 0 fully saturated rings. The molecule has 3 aromatic rings. The van der Waals surface area contributed by atoms with Crippen LogP contribution < -0.4 is 5.32 Å². The summed E-state index contributed by atoms with van der Waals surface area (Å²) in [5.74, 6) is 1.38. The molecule has 1 amide bonds. The topological polar surface area (TPSA) is 70.9 Å². The smallest absolute Gasteiger partial charge is 0.254 e. The first-order valence-electron chi connectivity index (χ1n) is 6.50. The quantitative estimate of drug-likeness (QED) is 0.764. The third-order valence-electron chi connectivity index (χ3n) is 3.19. The third-order valence-corrected chi connectivity index (χ3v) is 3.19. The number of amides is 1. The molecule has 102 valence electrons. The predicted octanol–water partition coefficient (Wildman–Crippen LogP) is 2.44. The average molecular weight is 269 g/mol. The summed E-state index contributed by atoms with van der Waals surface area (Å²) in [5, 5.41) is 2.86. The number of H-pyrrole nitrogens is 1. The molecular weight excluding hydrogens is 254 g/mol. The molecule has 1 aromatic carbocycles. The number of imidazole rings is 1. The van der Waals surface area contributed by atoms with E-state index in [0.29, 0.717) is 24.3 Å². The first-order chi connectivity index (χ1) is 9.74. The van der Waals surface area contributed by atoms with Crippen molar-refractivity contribution in [2.24, 2.45) is 0 Å². The molecule has 0 unspecified atom stereocenters. The summed E-state index contributed by atoms with van der Waals surface area (Å²) in [6.07, 6.45) is 2.18. The standard InChI is InChI=1S/C15H15N3O2/c1-10-11(7-9-20-10)15(19)16-8-6-14-17-12-4-2-3-5-13(12)18-14/h2-5,7,9H,6,8H2,1H3,(H,16,19)(H,17,18). The fourth-order valence-corrected chi connectivity index (χ4v) is 2.13. The maximum Gasteiger partial charge on any atom is 0.254 e. The van der Waals surface area contributed by atoms with Gasteiger partial charge in [-0.2, -0.15) is 0 Å². The Morgan fingerprint density at radius 2 is 2.20 bits per heavy atom. The second-order valence-electron chi connectivity index (χ2n) is 4.60. The van der Waals surface area contributed by atoms with Crippen LogP contribution in [0.4, 0.5) is 0 Å². The number of carbonyl (C=O) groups is 1. The normalized spacial score (nSPS) is 10.8. The van der Waals surface area contributed by atoms with Crippen LogP contribution in [0.15, 0.2) is 41.0 Å². The number of nitrogens with zero attached hydrogens (tertiary/aromatic N) is 1. The molecule has 3 rings (SSSR count). The van der Waals surface area contributed by atoms with Crippen LogP contribution in [0.3, 0.4) is 0 Å². The van der Waals surface area contributed by atoms with Gasteiger partial charge in [-0.15, -0.1) is 0 Å². The molecular formula is C15H15N3O2. The molecule has 5 heteroatoms. The fraction of sp³-hybridized carbons (Fsp3) is 0.200. The Hall–Kier alpha value is -2.56. The van der Waals surface area contributed by atoms with Gasteiger partial charge in [-0.1, -0.05) is 12.1 Å². The lowest BCUT2D eigenvalue weighted by molar-refractivity contribution is 0.0952. The van der Waals surface area contributed by atoms with Crippen LogP contribution in [0, 0.1) is 6.92 Å². The minimum Gasteiger partial charge on any atom is -0.469 e. The highest BCUT2D eigenvalue weighted by Gasteiger charge is 2.10. The Morgan fingerprint density at radius 3 is 2.95 bits per heavy atom. The fourth-order valence-electron chi connectivity index (χ4n) is 2.13. The van der Waals surface area contributed by atoms with Gasteiger partial charge in [0.15, 0.2) is 0 Å². The lowest BCUT2D eigenvalue weighted by atomic mass is 10.2. The largest absolute Gasteiger partial charge is 0.469 e.